The molecule has 0 amide bonds. The Kier molecular flexibility index (Phi) is 6.62. The summed E-state index contributed by atoms with van der Waals surface area (Å²) in [7, 11) is -7.20. The molecule has 9 heteroatoms. The van der Waals surface area contributed by atoms with Gasteiger partial charge in [-0.25, -0.2) is 26.5 Å². The number of hydrogen-bond donors (Lipinski definition) is 1. The van der Waals surface area contributed by atoms with E-state index in [9.17, 15) is 16.8 Å². The number of pyridine rings is 1. The van der Waals surface area contributed by atoms with Crippen LogP contribution in [0.1, 0.15) is 29.7 Å². The summed E-state index contributed by atoms with van der Waals surface area (Å²) in [6.07, 6.45) is 2.90. The van der Waals surface area contributed by atoms with E-state index < -0.39 is 19.9 Å². The summed E-state index contributed by atoms with van der Waals surface area (Å²) < 4.78 is 51.6. The zero-order valence-electron chi connectivity index (χ0n) is 16.4. The molecule has 6 nitrogen and oxygen atoms in total. The van der Waals surface area contributed by atoms with Crippen molar-refractivity contribution in [2.75, 3.05) is 6.26 Å². The first-order valence-corrected chi connectivity index (χ1v) is 12.8. The number of halogens is 1. The second-order valence-corrected chi connectivity index (χ2v) is 11.0. The fraction of sp³-hybridized carbons (Fsp3) is 0.190. The Morgan fingerprint density at radius 3 is 2.27 bits per heavy atom. The maximum atomic E-state index is 13.1. The van der Waals surface area contributed by atoms with E-state index >= 15 is 0 Å². The Hall–Kier alpha value is -2.26. The van der Waals surface area contributed by atoms with Gasteiger partial charge in [0.05, 0.1) is 16.2 Å². The molecule has 3 rings (SSSR count). The molecule has 1 atom stereocenters. The molecule has 158 valence electrons. The molecule has 0 bridgehead atoms. The maximum absolute atomic E-state index is 13.1. The Morgan fingerprint density at radius 2 is 1.63 bits per heavy atom. The predicted octanol–water partition coefficient (Wildman–Crippen LogP) is 3.77. The molecule has 30 heavy (non-hydrogen) atoms. The first-order chi connectivity index (χ1) is 14.1. The average Bonchev–Trinajstić information content (AvgIpc) is 2.68. The van der Waals surface area contributed by atoms with Crippen molar-refractivity contribution >= 4 is 31.5 Å². The molecule has 0 radical (unpaired) electrons. The fourth-order valence-corrected chi connectivity index (χ4v) is 5.80. The zero-order chi connectivity index (χ0) is 21.9. The van der Waals surface area contributed by atoms with E-state index in [4.69, 9.17) is 11.6 Å². The van der Waals surface area contributed by atoms with E-state index in [2.05, 4.69) is 9.71 Å². The Morgan fingerprint density at radius 1 is 0.967 bits per heavy atom. The smallest absolute Gasteiger partial charge is 0.225 e. The van der Waals surface area contributed by atoms with Gasteiger partial charge in [-0.05, 0) is 41.8 Å². The highest BCUT2D eigenvalue weighted by Gasteiger charge is 2.25. The fourth-order valence-electron chi connectivity index (χ4n) is 3.10. The summed E-state index contributed by atoms with van der Waals surface area (Å²) in [5, 5.41) is 0.111. The third-order valence-electron chi connectivity index (χ3n) is 4.50. The Bertz CT molecular complexity index is 1260. The van der Waals surface area contributed by atoms with Gasteiger partial charge in [-0.15, -0.1) is 0 Å². The second-order valence-electron chi connectivity index (χ2n) is 6.93. The van der Waals surface area contributed by atoms with Crippen LogP contribution in [0.25, 0.3) is 0 Å². The van der Waals surface area contributed by atoms with Crippen molar-refractivity contribution in [3.8, 4) is 0 Å². The van der Waals surface area contributed by atoms with Gasteiger partial charge in [0.1, 0.15) is 0 Å². The molecule has 2 aromatic carbocycles. The van der Waals surface area contributed by atoms with Crippen LogP contribution in [-0.2, 0) is 26.3 Å². The molecule has 3 aromatic rings. The van der Waals surface area contributed by atoms with Gasteiger partial charge in [0, 0.05) is 18.7 Å². The molecule has 0 aliphatic carbocycles. The quantitative estimate of drug-likeness (QED) is 0.574. The van der Waals surface area contributed by atoms with Crippen LogP contribution in [0.15, 0.2) is 76.8 Å². The zero-order valence-corrected chi connectivity index (χ0v) is 18.8. The minimum atomic E-state index is -3.88. The summed E-state index contributed by atoms with van der Waals surface area (Å²) in [6.45, 7) is 1.76. The minimum Gasteiger partial charge on any atom is -0.244 e. The standard InChI is InChI=1S/C21H21ClN2O4S2/c1-15(24-29(2,25)26)17-11-9-16(10-12-17)14-18-6-5-13-23-21(18)30(27,28)20-8-4-3-7-19(20)22/h3-13,15,24H,14H2,1-2H3. The van der Waals surface area contributed by atoms with Crippen molar-refractivity contribution < 1.29 is 16.8 Å². The van der Waals surface area contributed by atoms with Gasteiger partial charge in [0.15, 0.2) is 5.03 Å². The lowest BCUT2D eigenvalue weighted by Crippen LogP contribution is -2.25. The van der Waals surface area contributed by atoms with E-state index in [0.29, 0.717) is 12.0 Å². The summed E-state index contributed by atoms with van der Waals surface area (Å²) in [4.78, 5) is 4.14. The van der Waals surface area contributed by atoms with Crippen LogP contribution in [0.2, 0.25) is 5.02 Å². The number of sulfonamides is 1. The van der Waals surface area contributed by atoms with Crippen LogP contribution in [0.5, 0.6) is 0 Å². The summed E-state index contributed by atoms with van der Waals surface area (Å²) >= 11 is 6.11. The molecular weight excluding hydrogens is 444 g/mol. The van der Waals surface area contributed by atoms with Gasteiger partial charge in [0.25, 0.3) is 0 Å². The number of sulfone groups is 1. The lowest BCUT2D eigenvalue weighted by molar-refractivity contribution is 0.573. The van der Waals surface area contributed by atoms with Gasteiger partial charge in [-0.1, -0.05) is 54.1 Å². The molecule has 1 unspecified atom stereocenters. The summed E-state index contributed by atoms with van der Waals surface area (Å²) in [5.74, 6) is 0. The van der Waals surface area contributed by atoms with Crippen LogP contribution in [0.4, 0.5) is 0 Å². The second kappa shape index (κ2) is 8.85. The van der Waals surface area contributed by atoms with Crippen LogP contribution >= 0.6 is 11.6 Å². The molecule has 0 fully saturated rings. The van der Waals surface area contributed by atoms with E-state index in [0.717, 1.165) is 17.4 Å². The SMILES string of the molecule is CC(NS(C)(=O)=O)c1ccc(Cc2cccnc2S(=O)(=O)c2ccccc2Cl)cc1. The van der Waals surface area contributed by atoms with Gasteiger partial charge >= 0.3 is 0 Å². The van der Waals surface area contributed by atoms with E-state index in [-0.39, 0.29) is 21.0 Å². The molecule has 0 aliphatic heterocycles. The van der Waals surface area contributed by atoms with Crippen molar-refractivity contribution in [3.05, 3.63) is 88.6 Å². The van der Waals surface area contributed by atoms with Gasteiger partial charge in [-0.3, -0.25) is 0 Å². The number of rotatable bonds is 7. The first-order valence-electron chi connectivity index (χ1n) is 9.07. The number of nitrogens with zero attached hydrogens (tertiary/aromatic N) is 1. The van der Waals surface area contributed by atoms with Crippen molar-refractivity contribution in [1.82, 2.24) is 9.71 Å². The van der Waals surface area contributed by atoms with Crippen molar-refractivity contribution in [1.29, 1.82) is 0 Å². The third kappa shape index (κ3) is 5.26. The van der Waals surface area contributed by atoms with Gasteiger partial charge in [0.2, 0.25) is 19.9 Å². The summed E-state index contributed by atoms with van der Waals surface area (Å²) in [6, 6.07) is 16.6. The highest BCUT2D eigenvalue weighted by molar-refractivity contribution is 7.91. The lowest BCUT2D eigenvalue weighted by Gasteiger charge is -2.14. The van der Waals surface area contributed by atoms with Crippen molar-refractivity contribution in [2.24, 2.45) is 0 Å². The Labute approximate surface area is 181 Å². The molecule has 0 spiro atoms. The lowest BCUT2D eigenvalue weighted by atomic mass is 10.0. The van der Waals surface area contributed by atoms with Crippen LogP contribution < -0.4 is 4.72 Å². The molecule has 0 aliphatic rings. The van der Waals surface area contributed by atoms with Gasteiger partial charge in [-0.2, -0.15) is 0 Å². The number of nitrogens with one attached hydrogen (secondary N) is 1. The molecule has 1 aromatic heterocycles. The van der Waals surface area contributed by atoms with Crippen molar-refractivity contribution in [3.63, 3.8) is 0 Å². The van der Waals surface area contributed by atoms with Crippen LogP contribution in [0, 0.1) is 0 Å². The first kappa shape index (κ1) is 22.4. The normalized spacial score (nSPS) is 13.2. The molecule has 1 N–H and O–H groups in total. The third-order valence-corrected chi connectivity index (χ3v) is 7.53. The van der Waals surface area contributed by atoms with Crippen molar-refractivity contribution in [2.45, 2.75) is 29.3 Å². The number of hydrogen-bond acceptors (Lipinski definition) is 5. The Balaban J connectivity index is 1.90. The van der Waals surface area contributed by atoms with E-state index in [1.165, 1.54) is 18.3 Å². The van der Waals surface area contributed by atoms with Gasteiger partial charge < -0.3 is 0 Å². The molecular formula is C21H21ClN2O4S2. The van der Waals surface area contributed by atoms with Crippen LogP contribution in [-0.4, -0.2) is 28.1 Å². The summed E-state index contributed by atoms with van der Waals surface area (Å²) in [5.41, 5.74) is 2.22. The molecule has 0 saturated carbocycles. The molecule has 0 saturated heterocycles. The minimum absolute atomic E-state index is 0.0163. The average molecular weight is 465 g/mol. The van der Waals surface area contributed by atoms with Crippen LogP contribution in [0.3, 0.4) is 0 Å². The highest BCUT2D eigenvalue weighted by Crippen LogP contribution is 2.29. The topological polar surface area (TPSA) is 93.2 Å². The highest BCUT2D eigenvalue weighted by atomic mass is 35.5. The monoisotopic (exact) mass is 464 g/mol. The predicted molar refractivity (Wildman–Crippen MR) is 117 cm³/mol. The van der Waals surface area contributed by atoms with E-state index in [1.54, 1.807) is 31.2 Å². The number of aromatic nitrogens is 1. The van der Waals surface area contributed by atoms with E-state index in [1.807, 2.05) is 24.3 Å². The molecule has 1 heterocycles. The largest absolute Gasteiger partial charge is 0.244 e. The maximum Gasteiger partial charge on any atom is 0.225 e. The number of benzene rings is 2.